The number of ether oxygens (including phenoxy) is 1. The second kappa shape index (κ2) is 12.2. The number of aliphatic hydroxyl groups is 1. The minimum atomic E-state index is -1.02. The van der Waals surface area contributed by atoms with Crippen LogP contribution in [0.3, 0.4) is 0 Å². The molecule has 13 nitrogen and oxygen atoms in total. The van der Waals surface area contributed by atoms with E-state index in [1.165, 1.54) is 0 Å². The summed E-state index contributed by atoms with van der Waals surface area (Å²) in [6.45, 7) is 3.96. The van der Waals surface area contributed by atoms with Gasteiger partial charge in [0.25, 0.3) is 5.91 Å². The van der Waals surface area contributed by atoms with Crippen molar-refractivity contribution < 1.29 is 14.6 Å². The van der Waals surface area contributed by atoms with Crippen LogP contribution in [0.5, 0.6) is 5.75 Å². The van der Waals surface area contributed by atoms with Crippen molar-refractivity contribution in [2.24, 2.45) is 21.5 Å². The van der Waals surface area contributed by atoms with E-state index in [2.05, 4.69) is 35.5 Å². The molecule has 8 N–H and O–H groups in total. The van der Waals surface area contributed by atoms with Crippen LogP contribution < -0.4 is 26.8 Å². The Morgan fingerprint density at radius 1 is 1.28 bits per heavy atom. The van der Waals surface area contributed by atoms with Crippen molar-refractivity contribution in [1.29, 1.82) is 0 Å². The lowest BCUT2D eigenvalue weighted by Gasteiger charge is -2.37. The fourth-order valence-corrected chi connectivity index (χ4v) is 5.07. The number of hydrogen-bond donors (Lipinski definition) is 6. The highest BCUT2D eigenvalue weighted by Gasteiger charge is 2.32. The largest absolute Gasteiger partial charge is 0.450 e. The quantitative estimate of drug-likeness (QED) is 0.151. The zero-order valence-electron chi connectivity index (χ0n) is 21.8. The van der Waals surface area contributed by atoms with Crippen molar-refractivity contribution in [3.8, 4) is 5.75 Å². The summed E-state index contributed by atoms with van der Waals surface area (Å²) in [7, 11) is 0. The number of rotatable bonds is 9. The number of aromatic nitrogens is 2. The molecule has 2 atom stereocenters. The first-order valence-electron chi connectivity index (χ1n) is 13.3. The summed E-state index contributed by atoms with van der Waals surface area (Å²) in [5.74, 6) is 1.53. The molecule has 0 aliphatic carbocycles. The number of fused-ring (bicyclic) bond motifs is 2. The molecule has 39 heavy (non-hydrogen) atoms. The number of amides is 1. The van der Waals surface area contributed by atoms with Gasteiger partial charge in [0.1, 0.15) is 0 Å². The first-order chi connectivity index (χ1) is 19.0. The Morgan fingerprint density at radius 2 is 2.18 bits per heavy atom. The molecule has 0 spiro atoms. The van der Waals surface area contributed by atoms with E-state index in [0.717, 1.165) is 51.0 Å². The number of carbonyl (C=O) groups excluding carboxylic acids is 1. The number of aliphatic hydroxyl groups excluding tert-OH is 1. The Kier molecular flexibility index (Phi) is 8.27. The number of carbonyl (C=O) groups is 1. The molecule has 5 rings (SSSR count). The van der Waals surface area contributed by atoms with Gasteiger partial charge in [0.2, 0.25) is 6.35 Å². The summed E-state index contributed by atoms with van der Waals surface area (Å²) < 4.78 is 6.14. The molecule has 4 heterocycles. The van der Waals surface area contributed by atoms with Crippen molar-refractivity contribution >= 4 is 23.4 Å². The third-order valence-corrected chi connectivity index (χ3v) is 7.10. The van der Waals surface area contributed by atoms with Gasteiger partial charge >= 0.3 is 0 Å². The van der Waals surface area contributed by atoms with Gasteiger partial charge in [0, 0.05) is 49.6 Å². The van der Waals surface area contributed by atoms with Gasteiger partial charge in [-0.1, -0.05) is 0 Å². The number of nitrogens with zero attached hydrogens (tertiary/aromatic N) is 5. The van der Waals surface area contributed by atoms with Crippen LogP contribution in [0.2, 0.25) is 0 Å². The number of nitrogens with two attached hydrogens (primary N) is 2. The van der Waals surface area contributed by atoms with Gasteiger partial charge in [-0.2, -0.15) is 0 Å². The maximum Gasteiger partial charge on any atom is 0.251 e. The van der Waals surface area contributed by atoms with Crippen molar-refractivity contribution in [2.45, 2.75) is 44.5 Å². The van der Waals surface area contributed by atoms with E-state index in [1.54, 1.807) is 30.7 Å². The molecule has 1 fully saturated rings. The Bertz CT molecular complexity index is 1240. The van der Waals surface area contributed by atoms with Gasteiger partial charge in [0.15, 0.2) is 23.3 Å². The fraction of sp³-hybridized carbons (Fsp3) is 0.462. The van der Waals surface area contributed by atoms with Gasteiger partial charge in [0.05, 0.1) is 18.2 Å². The molecule has 2 aromatic rings. The average Bonchev–Trinajstić information content (AvgIpc) is 3.33. The van der Waals surface area contributed by atoms with Gasteiger partial charge < -0.3 is 46.7 Å². The van der Waals surface area contributed by atoms with Crippen molar-refractivity contribution in [3.05, 3.63) is 53.9 Å². The lowest BCUT2D eigenvalue weighted by Crippen LogP contribution is -2.44. The standard InChI is InChI=1S/C26H36N10O3/c27-25(28)31-8-2-11-35-10-1-3-19(7-12-35)36-15-22-23(34-26(36)38)33-20-13-17(4-5-21(20)39-22)24(37)30-9-6-18-14-29-16-32-18/h4-5,13-16,19,26,38H,1-3,6-12H2,(H,29,32)(H,30,37)(H,33,34)(H4,27,28,31). The number of imidazole rings is 1. The third-order valence-electron chi connectivity index (χ3n) is 7.10. The molecule has 2 unspecified atom stereocenters. The number of amidine groups is 1. The SMILES string of the molecule is NC(N)=NCCCN1CCCC(N2C=C3Oc4ccc(C(=O)NCCc5cnc[nH]5)cc4NC3=NC2O)CC1. The van der Waals surface area contributed by atoms with E-state index in [9.17, 15) is 9.90 Å². The molecule has 3 aliphatic rings. The summed E-state index contributed by atoms with van der Waals surface area (Å²) in [5, 5.41) is 17.0. The molecule has 3 aliphatic heterocycles. The van der Waals surface area contributed by atoms with Crippen molar-refractivity contribution in [2.75, 3.05) is 38.0 Å². The highest BCUT2D eigenvalue weighted by Crippen LogP contribution is 2.34. The summed E-state index contributed by atoms with van der Waals surface area (Å²) in [6, 6.07) is 5.37. The molecule has 1 amide bonds. The Balaban J connectivity index is 1.18. The van der Waals surface area contributed by atoms with Gasteiger partial charge in [-0.15, -0.1) is 0 Å². The predicted octanol–water partition coefficient (Wildman–Crippen LogP) is 0.536. The van der Waals surface area contributed by atoms with Gasteiger partial charge in [-0.3, -0.25) is 9.79 Å². The maximum absolute atomic E-state index is 12.7. The molecule has 208 valence electrons. The average molecular weight is 537 g/mol. The van der Waals surface area contributed by atoms with Gasteiger partial charge in [-0.25, -0.2) is 9.98 Å². The predicted molar refractivity (Wildman–Crippen MR) is 148 cm³/mol. The molecule has 1 aromatic heterocycles. The molecule has 0 bridgehead atoms. The number of benzene rings is 1. The van der Waals surface area contributed by atoms with Crippen molar-refractivity contribution in [3.63, 3.8) is 0 Å². The highest BCUT2D eigenvalue weighted by molar-refractivity contribution is 6.10. The van der Waals surface area contributed by atoms with Crippen molar-refractivity contribution in [1.82, 2.24) is 25.1 Å². The lowest BCUT2D eigenvalue weighted by molar-refractivity contribution is 0.00871. The van der Waals surface area contributed by atoms with E-state index >= 15 is 0 Å². The molecular weight excluding hydrogens is 500 g/mol. The smallest absolute Gasteiger partial charge is 0.251 e. The zero-order chi connectivity index (χ0) is 27.2. The second-order valence-electron chi connectivity index (χ2n) is 9.87. The normalized spacial score (nSPS) is 20.8. The summed E-state index contributed by atoms with van der Waals surface area (Å²) in [5.41, 5.74) is 12.9. The molecule has 0 radical (unpaired) electrons. The second-order valence-corrected chi connectivity index (χ2v) is 9.87. The number of aliphatic imine (C=N–C) groups is 2. The molecular formula is C26H36N10O3. The molecule has 13 heteroatoms. The van der Waals surface area contributed by atoms with Crippen LogP contribution in [0, 0.1) is 0 Å². The van der Waals surface area contributed by atoms with E-state index in [-0.39, 0.29) is 17.9 Å². The number of hydrogen-bond acceptors (Lipinski definition) is 9. The lowest BCUT2D eigenvalue weighted by atomic mass is 10.1. The van der Waals surface area contributed by atoms with E-state index in [1.807, 2.05) is 11.1 Å². The summed E-state index contributed by atoms with van der Waals surface area (Å²) in [6.07, 6.45) is 8.61. The highest BCUT2D eigenvalue weighted by atomic mass is 16.5. The minimum absolute atomic E-state index is 0.128. The molecule has 0 saturated carbocycles. The minimum Gasteiger partial charge on any atom is -0.450 e. The number of anilines is 1. The van der Waals surface area contributed by atoms with Gasteiger partial charge in [-0.05, 0) is 57.0 Å². The monoisotopic (exact) mass is 536 g/mol. The summed E-state index contributed by atoms with van der Waals surface area (Å²) in [4.78, 5) is 32.5. The van der Waals surface area contributed by atoms with E-state index in [0.29, 0.717) is 48.1 Å². The van der Waals surface area contributed by atoms with E-state index in [4.69, 9.17) is 16.2 Å². The summed E-state index contributed by atoms with van der Waals surface area (Å²) >= 11 is 0. The van der Waals surface area contributed by atoms with Crippen LogP contribution in [0.15, 0.2) is 52.7 Å². The Labute approximate surface area is 227 Å². The molecule has 1 saturated heterocycles. The first-order valence-corrected chi connectivity index (χ1v) is 13.3. The number of nitrogens with one attached hydrogen (secondary N) is 3. The first kappa shape index (κ1) is 26.5. The number of aromatic amines is 1. The van der Waals surface area contributed by atoms with Crippen LogP contribution in [0.25, 0.3) is 0 Å². The van der Waals surface area contributed by atoms with Crippen LogP contribution in [0.4, 0.5) is 5.69 Å². The third kappa shape index (κ3) is 6.67. The van der Waals surface area contributed by atoms with E-state index < -0.39 is 6.35 Å². The van der Waals surface area contributed by atoms with Crippen LogP contribution >= 0.6 is 0 Å². The topological polar surface area (TPSA) is 183 Å². The fourth-order valence-electron chi connectivity index (χ4n) is 5.07. The Hall–Kier alpha value is -4.10. The molecule has 1 aromatic carbocycles. The van der Waals surface area contributed by atoms with Crippen LogP contribution in [-0.4, -0.2) is 87.7 Å². The maximum atomic E-state index is 12.7. The number of guanidine groups is 1. The van der Waals surface area contributed by atoms with Crippen LogP contribution in [0.1, 0.15) is 41.7 Å². The zero-order valence-corrected chi connectivity index (χ0v) is 21.8. The number of H-pyrrole nitrogens is 1. The Morgan fingerprint density at radius 3 is 3.00 bits per heavy atom. The number of likely N-dealkylation sites (tertiary alicyclic amines) is 1. The van der Waals surface area contributed by atoms with Crippen LogP contribution in [-0.2, 0) is 6.42 Å².